The number of hydrogen-bond donors (Lipinski definition) is 2. The molecule has 2 unspecified atom stereocenters. The van der Waals surface area contributed by atoms with Gasteiger partial charge >= 0.3 is 0 Å². The molecule has 104 valence electrons. The van der Waals surface area contributed by atoms with Gasteiger partial charge in [-0.05, 0) is 29.9 Å². The molecule has 1 amide bonds. The van der Waals surface area contributed by atoms with Crippen LogP contribution in [0.2, 0.25) is 0 Å². The number of carbonyl (C=O) groups excluding carboxylic acids is 1. The van der Waals surface area contributed by atoms with Crippen LogP contribution in [-0.2, 0) is 11.2 Å². The number of benzene rings is 1. The minimum atomic E-state index is 0. The molecule has 2 aliphatic rings. The van der Waals surface area contributed by atoms with Crippen molar-refractivity contribution in [3.63, 3.8) is 0 Å². The number of hydrogen-bond acceptors (Lipinski definition) is 2. The van der Waals surface area contributed by atoms with E-state index in [4.69, 9.17) is 0 Å². The number of halogens is 1. The fourth-order valence-electron chi connectivity index (χ4n) is 2.89. The van der Waals surface area contributed by atoms with E-state index in [1.54, 1.807) is 0 Å². The molecule has 1 saturated heterocycles. The zero-order valence-corrected chi connectivity index (χ0v) is 12.0. The fourth-order valence-corrected chi connectivity index (χ4v) is 2.89. The first-order chi connectivity index (χ1) is 8.75. The van der Waals surface area contributed by atoms with Crippen LogP contribution in [0.5, 0.6) is 0 Å². The van der Waals surface area contributed by atoms with Crippen LogP contribution in [-0.4, -0.2) is 19.0 Å². The summed E-state index contributed by atoms with van der Waals surface area (Å²) in [6.07, 6.45) is 2.29. The van der Waals surface area contributed by atoms with E-state index in [-0.39, 0.29) is 30.3 Å². The van der Waals surface area contributed by atoms with E-state index in [0.717, 1.165) is 25.9 Å². The summed E-state index contributed by atoms with van der Waals surface area (Å²) in [5.74, 6) is 0.908. The number of rotatable bonds is 2. The van der Waals surface area contributed by atoms with Crippen molar-refractivity contribution >= 4 is 18.3 Å². The Labute approximate surface area is 120 Å². The van der Waals surface area contributed by atoms with Crippen LogP contribution >= 0.6 is 12.4 Å². The lowest BCUT2D eigenvalue weighted by Crippen LogP contribution is -2.52. The molecule has 1 aromatic rings. The fraction of sp³-hybridized carbons (Fsp3) is 0.533. The molecule has 1 heterocycles. The number of nitrogens with one attached hydrogen (secondary N) is 2. The van der Waals surface area contributed by atoms with Gasteiger partial charge in [-0.15, -0.1) is 12.4 Å². The Hall–Kier alpha value is -1.06. The number of amides is 1. The second-order valence-corrected chi connectivity index (χ2v) is 5.56. The second kappa shape index (κ2) is 5.93. The van der Waals surface area contributed by atoms with Crippen LogP contribution in [0.4, 0.5) is 0 Å². The van der Waals surface area contributed by atoms with Gasteiger partial charge in [0.2, 0.25) is 5.91 Å². The van der Waals surface area contributed by atoms with Gasteiger partial charge in [0.25, 0.3) is 0 Å². The molecule has 2 atom stereocenters. The highest BCUT2D eigenvalue weighted by Gasteiger charge is 2.31. The quantitative estimate of drug-likeness (QED) is 0.871. The summed E-state index contributed by atoms with van der Waals surface area (Å²) in [4.78, 5) is 12.1. The van der Waals surface area contributed by atoms with Gasteiger partial charge in [0, 0.05) is 13.1 Å². The summed E-state index contributed by atoms with van der Waals surface area (Å²) in [5, 5.41) is 6.40. The summed E-state index contributed by atoms with van der Waals surface area (Å²) in [7, 11) is 0. The van der Waals surface area contributed by atoms with E-state index in [2.05, 4.69) is 41.8 Å². The maximum atomic E-state index is 12.1. The summed E-state index contributed by atoms with van der Waals surface area (Å²) >= 11 is 0. The van der Waals surface area contributed by atoms with Gasteiger partial charge in [-0.2, -0.15) is 0 Å². The Morgan fingerprint density at radius 3 is 2.74 bits per heavy atom. The topological polar surface area (TPSA) is 41.1 Å². The SMILES string of the molecule is CC1CCc2ccccc2C1NC(=O)C1CNC1.Cl. The third kappa shape index (κ3) is 2.77. The van der Waals surface area contributed by atoms with E-state index in [1.165, 1.54) is 11.1 Å². The standard InChI is InChI=1S/C15H20N2O.ClH/c1-10-6-7-11-4-2-3-5-13(11)14(10)17-15(18)12-8-16-9-12;/h2-5,10,12,14,16H,6-9H2,1H3,(H,17,18);1H. The van der Waals surface area contributed by atoms with Crippen LogP contribution in [0.15, 0.2) is 24.3 Å². The van der Waals surface area contributed by atoms with Gasteiger partial charge in [-0.25, -0.2) is 0 Å². The second-order valence-electron chi connectivity index (χ2n) is 5.56. The molecule has 4 heteroatoms. The predicted octanol–water partition coefficient (Wildman–Crippen LogP) is 2.07. The molecule has 0 spiro atoms. The van der Waals surface area contributed by atoms with E-state index < -0.39 is 0 Å². The van der Waals surface area contributed by atoms with Crippen molar-refractivity contribution in [1.82, 2.24) is 10.6 Å². The van der Waals surface area contributed by atoms with E-state index in [1.807, 2.05) is 0 Å². The Bertz CT molecular complexity index is 459. The zero-order valence-electron chi connectivity index (χ0n) is 11.2. The first-order valence-corrected chi connectivity index (χ1v) is 6.84. The largest absolute Gasteiger partial charge is 0.349 e. The minimum Gasteiger partial charge on any atom is -0.349 e. The number of carbonyl (C=O) groups is 1. The molecule has 2 N–H and O–H groups in total. The Balaban J connectivity index is 0.00000133. The first-order valence-electron chi connectivity index (χ1n) is 6.84. The zero-order chi connectivity index (χ0) is 12.5. The molecule has 1 aliphatic carbocycles. The third-order valence-corrected chi connectivity index (χ3v) is 4.28. The monoisotopic (exact) mass is 280 g/mol. The molecule has 0 aromatic heterocycles. The highest BCUT2D eigenvalue weighted by Crippen LogP contribution is 2.34. The number of aryl methyl sites for hydroxylation is 1. The average Bonchev–Trinajstić information content (AvgIpc) is 2.31. The van der Waals surface area contributed by atoms with Crippen molar-refractivity contribution in [1.29, 1.82) is 0 Å². The molecule has 1 aromatic carbocycles. The molecule has 0 saturated carbocycles. The predicted molar refractivity (Wildman–Crippen MR) is 78.4 cm³/mol. The number of fused-ring (bicyclic) bond motifs is 1. The van der Waals surface area contributed by atoms with Crippen LogP contribution < -0.4 is 10.6 Å². The van der Waals surface area contributed by atoms with E-state index >= 15 is 0 Å². The van der Waals surface area contributed by atoms with Crippen molar-refractivity contribution in [3.05, 3.63) is 35.4 Å². The van der Waals surface area contributed by atoms with Gasteiger partial charge < -0.3 is 10.6 Å². The van der Waals surface area contributed by atoms with Crippen molar-refractivity contribution in [2.24, 2.45) is 11.8 Å². The third-order valence-electron chi connectivity index (χ3n) is 4.28. The van der Waals surface area contributed by atoms with Crippen molar-refractivity contribution in [3.8, 4) is 0 Å². The minimum absolute atomic E-state index is 0. The highest BCUT2D eigenvalue weighted by molar-refractivity contribution is 5.85. The van der Waals surface area contributed by atoms with Crippen LogP contribution in [0.1, 0.15) is 30.5 Å². The Kier molecular flexibility index (Phi) is 4.48. The molecule has 0 bridgehead atoms. The van der Waals surface area contributed by atoms with Gasteiger partial charge in [-0.1, -0.05) is 31.2 Å². The van der Waals surface area contributed by atoms with Gasteiger partial charge in [0.05, 0.1) is 12.0 Å². The van der Waals surface area contributed by atoms with E-state index in [0.29, 0.717) is 5.92 Å². The van der Waals surface area contributed by atoms with Gasteiger partial charge in [0.15, 0.2) is 0 Å². The summed E-state index contributed by atoms with van der Waals surface area (Å²) in [6.45, 7) is 3.89. The Morgan fingerprint density at radius 1 is 1.32 bits per heavy atom. The lowest BCUT2D eigenvalue weighted by atomic mass is 9.80. The average molecular weight is 281 g/mol. The van der Waals surface area contributed by atoms with Crippen molar-refractivity contribution in [2.45, 2.75) is 25.8 Å². The van der Waals surface area contributed by atoms with Crippen molar-refractivity contribution in [2.75, 3.05) is 13.1 Å². The summed E-state index contributed by atoms with van der Waals surface area (Å²) < 4.78 is 0. The molecule has 19 heavy (non-hydrogen) atoms. The van der Waals surface area contributed by atoms with E-state index in [9.17, 15) is 4.79 Å². The Morgan fingerprint density at radius 2 is 2.05 bits per heavy atom. The maximum Gasteiger partial charge on any atom is 0.226 e. The van der Waals surface area contributed by atoms with Crippen LogP contribution in [0.3, 0.4) is 0 Å². The van der Waals surface area contributed by atoms with Crippen LogP contribution in [0, 0.1) is 11.8 Å². The molecule has 1 fully saturated rings. The molecular formula is C15H21ClN2O. The van der Waals surface area contributed by atoms with Crippen molar-refractivity contribution < 1.29 is 4.79 Å². The van der Waals surface area contributed by atoms with Gasteiger partial charge in [0.1, 0.15) is 0 Å². The van der Waals surface area contributed by atoms with Crippen LogP contribution in [0.25, 0.3) is 0 Å². The lowest BCUT2D eigenvalue weighted by Gasteiger charge is -2.35. The molecule has 3 rings (SSSR count). The summed E-state index contributed by atoms with van der Waals surface area (Å²) in [5.41, 5.74) is 2.71. The molecule has 3 nitrogen and oxygen atoms in total. The van der Waals surface area contributed by atoms with Gasteiger partial charge in [-0.3, -0.25) is 4.79 Å². The highest BCUT2D eigenvalue weighted by atomic mass is 35.5. The molecule has 1 aliphatic heterocycles. The molecule has 0 radical (unpaired) electrons. The first kappa shape index (κ1) is 14.4. The lowest BCUT2D eigenvalue weighted by molar-refractivity contribution is -0.127. The summed E-state index contributed by atoms with van der Waals surface area (Å²) in [6, 6.07) is 8.70. The smallest absolute Gasteiger partial charge is 0.226 e. The molecular weight excluding hydrogens is 260 g/mol. The normalized spacial score (nSPS) is 25.7. The maximum absolute atomic E-state index is 12.1.